The Hall–Kier alpha value is -0.670. The van der Waals surface area contributed by atoms with Gasteiger partial charge in [0.05, 0.1) is 4.90 Å². The van der Waals surface area contributed by atoms with Crippen molar-refractivity contribution in [1.29, 1.82) is 0 Å². The molecule has 1 N–H and O–H groups in total. The van der Waals surface area contributed by atoms with Crippen molar-refractivity contribution >= 4 is 11.1 Å². The molecule has 0 aromatic heterocycles. The first-order valence-electron chi connectivity index (χ1n) is 5.60. The van der Waals surface area contributed by atoms with Gasteiger partial charge in [0.1, 0.15) is 0 Å². The molecule has 16 heavy (non-hydrogen) atoms. The molecule has 0 bridgehead atoms. The van der Waals surface area contributed by atoms with Crippen LogP contribution in [-0.4, -0.2) is 8.76 Å². The summed E-state index contributed by atoms with van der Waals surface area (Å²) in [5, 5.41) is 0. The smallest absolute Gasteiger partial charge is 0.186 e. The van der Waals surface area contributed by atoms with Crippen LogP contribution >= 0.6 is 0 Å². The lowest BCUT2D eigenvalue weighted by Crippen LogP contribution is -2.18. The summed E-state index contributed by atoms with van der Waals surface area (Å²) in [5.41, 5.74) is 2.43. The molecule has 0 fully saturated rings. The van der Waals surface area contributed by atoms with Gasteiger partial charge in [-0.3, -0.25) is 0 Å². The van der Waals surface area contributed by atoms with Crippen molar-refractivity contribution in [3.63, 3.8) is 0 Å². The molecule has 0 radical (unpaired) electrons. The first-order valence-corrected chi connectivity index (χ1v) is 6.71. The molecule has 1 rings (SSSR count). The topological polar surface area (TPSA) is 37.3 Å². The fourth-order valence-corrected chi connectivity index (χ4v) is 2.60. The van der Waals surface area contributed by atoms with Gasteiger partial charge >= 0.3 is 0 Å². The second-order valence-electron chi connectivity index (χ2n) is 4.86. The van der Waals surface area contributed by atoms with Crippen LogP contribution in [0, 0.1) is 6.92 Å². The fraction of sp³-hybridized carbons (Fsp3) is 0.538. The number of hydrogen-bond donors (Lipinski definition) is 1. The maximum Gasteiger partial charge on any atom is 0.186 e. The summed E-state index contributed by atoms with van der Waals surface area (Å²) in [6.07, 6.45) is 2.19. The van der Waals surface area contributed by atoms with Crippen LogP contribution in [0.4, 0.5) is 0 Å². The summed E-state index contributed by atoms with van der Waals surface area (Å²) in [6.45, 7) is 8.58. The van der Waals surface area contributed by atoms with Crippen LogP contribution in [0.3, 0.4) is 0 Å². The third-order valence-corrected chi connectivity index (χ3v) is 3.67. The van der Waals surface area contributed by atoms with E-state index in [1.54, 1.807) is 6.07 Å². The number of rotatable bonds is 4. The summed E-state index contributed by atoms with van der Waals surface area (Å²) < 4.78 is 20.2. The van der Waals surface area contributed by atoms with Crippen molar-refractivity contribution in [1.82, 2.24) is 0 Å². The van der Waals surface area contributed by atoms with Crippen molar-refractivity contribution in [2.45, 2.75) is 50.8 Å². The van der Waals surface area contributed by atoms with Gasteiger partial charge in [0.2, 0.25) is 0 Å². The van der Waals surface area contributed by atoms with Crippen molar-refractivity contribution in [2.24, 2.45) is 0 Å². The maximum absolute atomic E-state index is 11.1. The Morgan fingerprint density at radius 3 is 2.50 bits per heavy atom. The Bertz CT molecular complexity index is 397. The van der Waals surface area contributed by atoms with Crippen LogP contribution in [0.15, 0.2) is 23.1 Å². The molecule has 0 aliphatic heterocycles. The molecule has 0 spiro atoms. The van der Waals surface area contributed by atoms with Gasteiger partial charge in [-0.15, -0.1) is 0 Å². The van der Waals surface area contributed by atoms with Crippen LogP contribution in [0.25, 0.3) is 0 Å². The van der Waals surface area contributed by atoms with Crippen LogP contribution in [0.2, 0.25) is 0 Å². The third kappa shape index (κ3) is 2.92. The summed E-state index contributed by atoms with van der Waals surface area (Å²) in [4.78, 5) is 0.491. The molecule has 1 atom stereocenters. The highest BCUT2D eigenvalue weighted by molar-refractivity contribution is 7.79. The molecule has 0 heterocycles. The highest BCUT2D eigenvalue weighted by Gasteiger charge is 2.22. The Morgan fingerprint density at radius 1 is 1.38 bits per heavy atom. The minimum Gasteiger partial charge on any atom is -0.302 e. The van der Waals surface area contributed by atoms with Crippen molar-refractivity contribution in [3.8, 4) is 0 Å². The Labute approximate surface area is 100 Å². The summed E-state index contributed by atoms with van der Waals surface area (Å²) >= 11 is -1.89. The Morgan fingerprint density at radius 2 is 2.00 bits per heavy atom. The first-order chi connectivity index (χ1) is 7.38. The lowest BCUT2D eigenvalue weighted by Gasteiger charge is -2.27. The highest BCUT2D eigenvalue weighted by Crippen LogP contribution is 2.31. The van der Waals surface area contributed by atoms with E-state index in [4.69, 9.17) is 4.55 Å². The van der Waals surface area contributed by atoms with E-state index in [0.29, 0.717) is 4.90 Å². The quantitative estimate of drug-likeness (QED) is 0.816. The van der Waals surface area contributed by atoms with Crippen LogP contribution in [0.1, 0.15) is 44.7 Å². The fourth-order valence-electron chi connectivity index (χ4n) is 2.20. The minimum absolute atomic E-state index is 0.0637. The van der Waals surface area contributed by atoms with Crippen LogP contribution in [-0.2, 0) is 16.5 Å². The SMILES string of the molecule is CCCC(C)(C)c1cc(S(=O)O)ccc1C. The van der Waals surface area contributed by atoms with E-state index in [2.05, 4.69) is 27.7 Å². The zero-order chi connectivity index (χ0) is 12.3. The van der Waals surface area contributed by atoms with Gasteiger partial charge in [0.15, 0.2) is 11.1 Å². The molecule has 2 nitrogen and oxygen atoms in total. The van der Waals surface area contributed by atoms with E-state index in [-0.39, 0.29) is 5.41 Å². The number of aryl methyl sites for hydroxylation is 1. The summed E-state index contributed by atoms with van der Waals surface area (Å²) in [6, 6.07) is 5.51. The molecule has 0 saturated carbocycles. The Balaban J connectivity index is 3.21. The van der Waals surface area contributed by atoms with E-state index in [9.17, 15) is 4.21 Å². The van der Waals surface area contributed by atoms with Gasteiger partial charge in [-0.25, -0.2) is 4.21 Å². The van der Waals surface area contributed by atoms with Gasteiger partial charge in [-0.1, -0.05) is 33.3 Å². The van der Waals surface area contributed by atoms with Gasteiger partial charge in [-0.05, 0) is 42.0 Å². The molecule has 1 unspecified atom stereocenters. The third-order valence-electron chi connectivity index (χ3n) is 3.01. The predicted octanol–water partition coefficient (Wildman–Crippen LogP) is 3.65. The number of hydrogen-bond acceptors (Lipinski definition) is 1. The van der Waals surface area contributed by atoms with E-state index in [1.165, 1.54) is 11.1 Å². The monoisotopic (exact) mass is 240 g/mol. The van der Waals surface area contributed by atoms with Crippen LogP contribution < -0.4 is 0 Å². The lowest BCUT2D eigenvalue weighted by atomic mass is 9.79. The van der Waals surface area contributed by atoms with E-state index >= 15 is 0 Å². The summed E-state index contributed by atoms with van der Waals surface area (Å²) in [5.74, 6) is 0. The molecule has 90 valence electrons. The minimum atomic E-state index is -1.89. The maximum atomic E-state index is 11.1. The van der Waals surface area contributed by atoms with Crippen LogP contribution in [0.5, 0.6) is 0 Å². The molecule has 0 saturated heterocycles. The normalized spacial score (nSPS) is 13.8. The van der Waals surface area contributed by atoms with Crippen molar-refractivity contribution in [3.05, 3.63) is 29.3 Å². The standard InChI is InChI=1S/C13H20O2S/c1-5-8-13(3,4)12-9-11(16(14)15)7-6-10(12)2/h6-7,9H,5,8H2,1-4H3,(H,14,15). The van der Waals surface area contributed by atoms with Gasteiger partial charge < -0.3 is 4.55 Å². The molecule has 0 aliphatic carbocycles. The second-order valence-corrected chi connectivity index (χ2v) is 5.83. The molecular formula is C13H20O2S. The van der Waals surface area contributed by atoms with Gasteiger partial charge in [0.25, 0.3) is 0 Å². The van der Waals surface area contributed by atoms with E-state index < -0.39 is 11.1 Å². The molecule has 0 amide bonds. The van der Waals surface area contributed by atoms with Gasteiger partial charge in [0, 0.05) is 0 Å². The van der Waals surface area contributed by atoms with E-state index in [1.807, 2.05) is 12.1 Å². The number of benzene rings is 1. The largest absolute Gasteiger partial charge is 0.302 e. The molecule has 3 heteroatoms. The predicted molar refractivity (Wildman–Crippen MR) is 68.2 cm³/mol. The molecule has 1 aromatic rings. The average molecular weight is 240 g/mol. The van der Waals surface area contributed by atoms with Crippen molar-refractivity contribution < 1.29 is 8.76 Å². The zero-order valence-electron chi connectivity index (χ0n) is 10.4. The molecule has 0 aliphatic rings. The lowest BCUT2D eigenvalue weighted by molar-refractivity contribution is 0.469. The Kier molecular flexibility index (Phi) is 4.28. The highest BCUT2D eigenvalue weighted by atomic mass is 32.2. The summed E-state index contributed by atoms with van der Waals surface area (Å²) in [7, 11) is 0. The van der Waals surface area contributed by atoms with Crippen molar-refractivity contribution in [2.75, 3.05) is 0 Å². The van der Waals surface area contributed by atoms with Gasteiger partial charge in [-0.2, -0.15) is 0 Å². The molecular weight excluding hydrogens is 220 g/mol. The molecule has 1 aromatic carbocycles. The second kappa shape index (κ2) is 5.11. The first kappa shape index (κ1) is 13.4. The zero-order valence-corrected chi connectivity index (χ0v) is 11.2. The average Bonchev–Trinajstić information content (AvgIpc) is 2.17. The van der Waals surface area contributed by atoms with E-state index in [0.717, 1.165) is 12.8 Å².